The molecule has 0 spiro atoms. The van der Waals surface area contributed by atoms with Crippen molar-refractivity contribution in [3.05, 3.63) is 58.9 Å². The smallest absolute Gasteiger partial charge is 0.255 e. The Bertz CT molecular complexity index is 728. The molecular weight excluding hydrogens is 289 g/mol. The van der Waals surface area contributed by atoms with Crippen LogP contribution in [0.4, 0.5) is 10.1 Å². The molecule has 0 bridgehead atoms. The molecule has 2 aromatic carbocycles. The molecule has 5 heteroatoms. The van der Waals surface area contributed by atoms with Crippen LogP contribution >= 0.6 is 0 Å². The van der Waals surface area contributed by atoms with Crippen LogP contribution in [0.5, 0.6) is 0 Å². The summed E-state index contributed by atoms with van der Waals surface area (Å²) in [5.41, 5.74) is 2.80. The van der Waals surface area contributed by atoms with Gasteiger partial charge in [-0.15, -0.1) is 0 Å². The van der Waals surface area contributed by atoms with Gasteiger partial charge in [0.2, 0.25) is 0 Å². The van der Waals surface area contributed by atoms with E-state index in [2.05, 4.69) is 5.32 Å². The van der Waals surface area contributed by atoms with Gasteiger partial charge in [-0.25, -0.2) is 4.39 Å². The molecule has 0 aromatic heterocycles. The first kappa shape index (κ1) is 15.4. The molecule has 0 aliphatic rings. The summed E-state index contributed by atoms with van der Waals surface area (Å²) in [5, 5.41) is 2.66. The van der Waals surface area contributed by atoms with Gasteiger partial charge in [0, 0.05) is 17.5 Å². The molecule has 3 nitrogen and oxygen atoms in total. The van der Waals surface area contributed by atoms with Crippen molar-refractivity contribution in [3.8, 4) is 0 Å². The number of amides is 1. The van der Waals surface area contributed by atoms with Gasteiger partial charge in [-0.2, -0.15) is 0 Å². The number of anilines is 1. The molecule has 1 amide bonds. The van der Waals surface area contributed by atoms with Crippen LogP contribution in [0.25, 0.3) is 0 Å². The number of carbonyl (C=O) groups is 1. The summed E-state index contributed by atoms with van der Waals surface area (Å²) in [5.74, 6) is -0.879. The average molecular weight is 305 g/mol. The standard InChI is InChI=1S/C16H16FNO2S/c1-10-5-4-6-13(11(10)2)16(19)18-12-7-8-15(21(3)20)14(17)9-12/h4-9H,1-3H3,(H,18,19)/t21-/m0/s1. The van der Waals surface area contributed by atoms with Crippen molar-refractivity contribution in [1.29, 1.82) is 0 Å². The monoisotopic (exact) mass is 305 g/mol. The number of rotatable bonds is 3. The van der Waals surface area contributed by atoms with E-state index in [0.29, 0.717) is 11.3 Å². The fraction of sp³-hybridized carbons (Fsp3) is 0.188. The van der Waals surface area contributed by atoms with Gasteiger partial charge in [-0.1, -0.05) is 12.1 Å². The Labute approximate surface area is 125 Å². The molecule has 1 atom stereocenters. The van der Waals surface area contributed by atoms with Crippen molar-refractivity contribution in [3.63, 3.8) is 0 Å². The minimum Gasteiger partial charge on any atom is -0.322 e. The molecule has 0 saturated heterocycles. The molecule has 0 saturated carbocycles. The van der Waals surface area contributed by atoms with E-state index in [1.807, 2.05) is 19.9 Å². The second-order valence-corrected chi connectivity index (χ2v) is 6.15. The lowest BCUT2D eigenvalue weighted by Crippen LogP contribution is -2.14. The minimum absolute atomic E-state index is 0.125. The molecule has 0 fully saturated rings. The van der Waals surface area contributed by atoms with Gasteiger partial charge >= 0.3 is 0 Å². The Hall–Kier alpha value is -2.01. The molecule has 0 radical (unpaired) electrons. The number of carbonyl (C=O) groups excluding carboxylic acids is 1. The van der Waals surface area contributed by atoms with Gasteiger partial charge in [0.25, 0.3) is 5.91 Å². The first-order valence-corrected chi connectivity index (χ1v) is 7.96. The molecule has 110 valence electrons. The van der Waals surface area contributed by atoms with E-state index in [1.54, 1.807) is 18.2 Å². The fourth-order valence-corrected chi connectivity index (χ4v) is 2.60. The average Bonchev–Trinajstić information content (AvgIpc) is 2.41. The Balaban J connectivity index is 2.26. The van der Waals surface area contributed by atoms with E-state index in [1.165, 1.54) is 18.4 Å². The number of aryl methyl sites for hydroxylation is 1. The number of hydrogen-bond donors (Lipinski definition) is 1. The first-order valence-electron chi connectivity index (χ1n) is 6.40. The van der Waals surface area contributed by atoms with Crippen molar-refractivity contribution >= 4 is 22.4 Å². The summed E-state index contributed by atoms with van der Waals surface area (Å²) in [4.78, 5) is 12.3. The number of nitrogens with one attached hydrogen (secondary N) is 1. The lowest BCUT2D eigenvalue weighted by atomic mass is 10.0. The molecule has 0 unspecified atom stereocenters. The van der Waals surface area contributed by atoms with E-state index in [9.17, 15) is 13.4 Å². The third-order valence-electron chi connectivity index (χ3n) is 3.35. The Kier molecular flexibility index (Phi) is 4.53. The first-order chi connectivity index (χ1) is 9.90. The molecule has 0 heterocycles. The van der Waals surface area contributed by atoms with E-state index >= 15 is 0 Å². The van der Waals surface area contributed by atoms with E-state index < -0.39 is 16.6 Å². The van der Waals surface area contributed by atoms with E-state index in [4.69, 9.17) is 0 Å². The summed E-state index contributed by atoms with van der Waals surface area (Å²) < 4.78 is 25.0. The fourth-order valence-electron chi connectivity index (χ4n) is 2.01. The highest BCUT2D eigenvalue weighted by molar-refractivity contribution is 7.84. The van der Waals surface area contributed by atoms with Crippen LogP contribution in [0.2, 0.25) is 0 Å². The minimum atomic E-state index is -1.39. The largest absolute Gasteiger partial charge is 0.322 e. The van der Waals surface area contributed by atoms with E-state index in [-0.39, 0.29) is 10.8 Å². The highest BCUT2D eigenvalue weighted by Gasteiger charge is 2.12. The van der Waals surface area contributed by atoms with Crippen LogP contribution in [-0.2, 0) is 10.8 Å². The highest BCUT2D eigenvalue weighted by atomic mass is 32.2. The summed E-state index contributed by atoms with van der Waals surface area (Å²) in [6, 6.07) is 9.61. The third kappa shape index (κ3) is 3.36. The topological polar surface area (TPSA) is 46.2 Å². The summed E-state index contributed by atoms with van der Waals surface area (Å²) in [6.45, 7) is 3.80. The van der Waals surface area contributed by atoms with Crippen LogP contribution in [0.15, 0.2) is 41.3 Å². The lowest BCUT2D eigenvalue weighted by molar-refractivity contribution is 0.102. The van der Waals surface area contributed by atoms with E-state index in [0.717, 1.165) is 11.1 Å². The molecule has 1 N–H and O–H groups in total. The summed E-state index contributed by atoms with van der Waals surface area (Å²) in [6.07, 6.45) is 1.41. The molecule has 21 heavy (non-hydrogen) atoms. The van der Waals surface area contributed by atoms with Crippen LogP contribution in [-0.4, -0.2) is 16.4 Å². The maximum absolute atomic E-state index is 13.8. The Morgan fingerprint density at radius 3 is 2.52 bits per heavy atom. The predicted molar refractivity (Wildman–Crippen MR) is 82.6 cm³/mol. The SMILES string of the molecule is Cc1cccc(C(=O)Nc2ccc([S@](C)=O)c(F)c2)c1C. The normalized spacial score (nSPS) is 12.0. The van der Waals surface area contributed by atoms with Gasteiger partial charge in [0.15, 0.2) is 0 Å². The Morgan fingerprint density at radius 2 is 1.90 bits per heavy atom. The number of hydrogen-bond acceptors (Lipinski definition) is 2. The zero-order chi connectivity index (χ0) is 15.6. The third-order valence-corrected chi connectivity index (χ3v) is 4.30. The van der Waals surface area contributed by atoms with Gasteiger partial charge in [0.05, 0.1) is 15.7 Å². The van der Waals surface area contributed by atoms with Crippen LogP contribution in [0, 0.1) is 19.7 Å². The van der Waals surface area contributed by atoms with Crippen LogP contribution in [0.3, 0.4) is 0 Å². The number of halogens is 1. The molecule has 0 aliphatic carbocycles. The van der Waals surface area contributed by atoms with Crippen molar-refractivity contribution < 1.29 is 13.4 Å². The number of benzene rings is 2. The van der Waals surface area contributed by atoms with Crippen LogP contribution in [0.1, 0.15) is 21.5 Å². The maximum atomic E-state index is 13.8. The van der Waals surface area contributed by atoms with Crippen molar-refractivity contribution in [1.82, 2.24) is 0 Å². The zero-order valence-electron chi connectivity index (χ0n) is 12.1. The summed E-state index contributed by atoms with van der Waals surface area (Å²) >= 11 is 0. The molecule has 2 rings (SSSR count). The van der Waals surface area contributed by atoms with Gasteiger partial charge in [-0.3, -0.25) is 9.00 Å². The Morgan fingerprint density at radius 1 is 1.19 bits per heavy atom. The van der Waals surface area contributed by atoms with Crippen molar-refractivity contribution in [2.24, 2.45) is 0 Å². The maximum Gasteiger partial charge on any atom is 0.255 e. The molecule has 2 aromatic rings. The van der Waals surface area contributed by atoms with Gasteiger partial charge in [-0.05, 0) is 49.2 Å². The quantitative estimate of drug-likeness (QED) is 0.944. The molecule has 0 aliphatic heterocycles. The van der Waals surface area contributed by atoms with Crippen molar-refractivity contribution in [2.45, 2.75) is 18.7 Å². The van der Waals surface area contributed by atoms with Crippen LogP contribution < -0.4 is 5.32 Å². The molecular formula is C16H16FNO2S. The summed E-state index contributed by atoms with van der Waals surface area (Å²) in [7, 11) is -1.39. The second-order valence-electron chi connectivity index (χ2n) is 4.80. The van der Waals surface area contributed by atoms with Crippen molar-refractivity contribution in [2.75, 3.05) is 11.6 Å². The lowest BCUT2D eigenvalue weighted by Gasteiger charge is -2.10. The zero-order valence-corrected chi connectivity index (χ0v) is 12.9. The van der Waals surface area contributed by atoms with Gasteiger partial charge < -0.3 is 5.32 Å². The predicted octanol–water partition coefficient (Wildman–Crippen LogP) is 3.43. The highest BCUT2D eigenvalue weighted by Crippen LogP contribution is 2.19. The van der Waals surface area contributed by atoms with Gasteiger partial charge in [0.1, 0.15) is 5.82 Å². The second kappa shape index (κ2) is 6.18.